The van der Waals surface area contributed by atoms with E-state index >= 15 is 0 Å². The first-order chi connectivity index (χ1) is 15.3. The highest BCUT2D eigenvalue weighted by atomic mass is 32.2. The molecule has 4 rings (SSSR count). The Labute approximate surface area is 189 Å². The van der Waals surface area contributed by atoms with Crippen molar-refractivity contribution in [2.75, 3.05) is 0 Å². The van der Waals surface area contributed by atoms with E-state index in [1.807, 2.05) is 48.7 Å². The van der Waals surface area contributed by atoms with Crippen LogP contribution in [0.4, 0.5) is 0 Å². The normalized spacial score (nSPS) is 11.7. The molecule has 0 unspecified atom stereocenters. The number of primary sulfonamides is 1. The zero-order valence-corrected chi connectivity index (χ0v) is 18.6. The number of aromatic nitrogens is 2. The number of carbonyl (C=O) groups excluding carboxylic acids is 1. The third-order valence-electron chi connectivity index (χ3n) is 4.58. The molecule has 32 heavy (non-hydrogen) atoms. The summed E-state index contributed by atoms with van der Waals surface area (Å²) in [6, 6.07) is 19.2. The molecule has 0 spiro atoms. The third-order valence-corrected chi connectivity index (χ3v) is 6.40. The lowest BCUT2D eigenvalue weighted by Crippen LogP contribution is -2.18. The number of hydrogen-bond acceptors (Lipinski definition) is 6. The standard InChI is InChI=1S/C22H19N5O3S2/c1-15-4-6-16(7-5-15)14-24-25-22(28)19-13-20(21-3-2-12-31-21)27(26-19)17-8-10-18(11-9-17)32(23,29)30/h2-14H,1H3,(H,25,28)(H2,23,29,30)/b24-14-. The van der Waals surface area contributed by atoms with Crippen molar-refractivity contribution in [3.63, 3.8) is 0 Å². The van der Waals surface area contributed by atoms with Crippen molar-refractivity contribution in [3.05, 3.63) is 88.9 Å². The highest BCUT2D eigenvalue weighted by Gasteiger charge is 2.18. The number of thiophene rings is 1. The molecule has 0 bridgehead atoms. The van der Waals surface area contributed by atoms with Crippen molar-refractivity contribution in [3.8, 4) is 16.3 Å². The largest absolute Gasteiger partial charge is 0.291 e. The Morgan fingerprint density at radius 2 is 1.84 bits per heavy atom. The van der Waals surface area contributed by atoms with Crippen LogP contribution >= 0.6 is 11.3 Å². The third kappa shape index (κ3) is 4.83. The SMILES string of the molecule is Cc1ccc(/C=N\NC(=O)c2cc(-c3cccs3)n(-c3ccc(S(N)(=O)=O)cc3)n2)cc1. The van der Waals surface area contributed by atoms with Gasteiger partial charge in [0.15, 0.2) is 5.69 Å². The summed E-state index contributed by atoms with van der Waals surface area (Å²) in [6.07, 6.45) is 1.56. The highest BCUT2D eigenvalue weighted by Crippen LogP contribution is 2.28. The summed E-state index contributed by atoms with van der Waals surface area (Å²) in [4.78, 5) is 13.5. The van der Waals surface area contributed by atoms with Gasteiger partial charge in [0.2, 0.25) is 10.0 Å². The van der Waals surface area contributed by atoms with Crippen molar-refractivity contribution < 1.29 is 13.2 Å². The molecule has 0 aliphatic heterocycles. The lowest BCUT2D eigenvalue weighted by atomic mass is 10.2. The van der Waals surface area contributed by atoms with Crippen LogP contribution in [-0.2, 0) is 10.0 Å². The zero-order chi connectivity index (χ0) is 22.7. The minimum Gasteiger partial charge on any atom is -0.265 e. The minimum atomic E-state index is -3.81. The molecular weight excluding hydrogens is 446 g/mol. The van der Waals surface area contributed by atoms with Crippen LogP contribution in [0.5, 0.6) is 0 Å². The van der Waals surface area contributed by atoms with E-state index in [4.69, 9.17) is 5.14 Å². The van der Waals surface area contributed by atoms with E-state index in [1.165, 1.54) is 23.5 Å². The molecule has 2 aromatic carbocycles. The van der Waals surface area contributed by atoms with E-state index in [2.05, 4.69) is 15.6 Å². The molecule has 162 valence electrons. The number of benzene rings is 2. The number of hydrogen-bond donors (Lipinski definition) is 2. The van der Waals surface area contributed by atoms with Crippen LogP contribution in [0.15, 0.2) is 82.1 Å². The number of nitrogens with zero attached hydrogens (tertiary/aromatic N) is 3. The van der Waals surface area contributed by atoms with Gasteiger partial charge in [-0.15, -0.1) is 11.3 Å². The maximum Gasteiger partial charge on any atom is 0.291 e. The van der Waals surface area contributed by atoms with E-state index in [9.17, 15) is 13.2 Å². The molecule has 0 fully saturated rings. The fraction of sp³-hybridized carbons (Fsp3) is 0.0455. The first-order valence-electron chi connectivity index (χ1n) is 9.48. The van der Waals surface area contributed by atoms with Crippen LogP contribution in [0.1, 0.15) is 21.6 Å². The first kappa shape index (κ1) is 21.6. The lowest BCUT2D eigenvalue weighted by Gasteiger charge is -2.07. The van der Waals surface area contributed by atoms with Gasteiger partial charge in [0.25, 0.3) is 5.91 Å². The van der Waals surface area contributed by atoms with Gasteiger partial charge in [-0.1, -0.05) is 35.9 Å². The summed E-state index contributed by atoms with van der Waals surface area (Å²) in [5, 5.41) is 15.5. The molecule has 3 N–H and O–H groups in total. The van der Waals surface area contributed by atoms with Gasteiger partial charge in [-0.05, 0) is 54.3 Å². The molecule has 0 aliphatic rings. The Morgan fingerprint density at radius 3 is 2.47 bits per heavy atom. The molecule has 8 nitrogen and oxygen atoms in total. The number of rotatable bonds is 6. The second kappa shape index (κ2) is 8.87. The fourth-order valence-corrected chi connectivity index (χ4v) is 4.18. The summed E-state index contributed by atoms with van der Waals surface area (Å²) in [5.41, 5.74) is 5.93. The average molecular weight is 466 g/mol. The lowest BCUT2D eigenvalue weighted by molar-refractivity contribution is 0.0949. The average Bonchev–Trinajstić information content (AvgIpc) is 3.44. The Bertz CT molecular complexity index is 1370. The summed E-state index contributed by atoms with van der Waals surface area (Å²) in [6.45, 7) is 1.99. The first-order valence-corrected chi connectivity index (χ1v) is 11.9. The maximum atomic E-state index is 12.6. The predicted molar refractivity (Wildman–Crippen MR) is 124 cm³/mol. The molecule has 0 atom stereocenters. The van der Waals surface area contributed by atoms with Gasteiger partial charge < -0.3 is 0 Å². The number of nitrogens with two attached hydrogens (primary N) is 1. The zero-order valence-electron chi connectivity index (χ0n) is 17.0. The number of amides is 1. The van der Waals surface area contributed by atoms with Gasteiger partial charge in [0.1, 0.15) is 0 Å². The van der Waals surface area contributed by atoms with Gasteiger partial charge >= 0.3 is 0 Å². The number of aryl methyl sites for hydroxylation is 1. The van der Waals surface area contributed by atoms with Crippen LogP contribution in [0.3, 0.4) is 0 Å². The van der Waals surface area contributed by atoms with E-state index in [0.29, 0.717) is 11.4 Å². The van der Waals surface area contributed by atoms with Gasteiger partial charge in [-0.2, -0.15) is 10.2 Å². The Hall–Kier alpha value is -3.60. The molecule has 2 aromatic heterocycles. The number of sulfonamides is 1. The highest BCUT2D eigenvalue weighted by molar-refractivity contribution is 7.89. The molecule has 0 radical (unpaired) electrons. The van der Waals surface area contributed by atoms with E-state index in [0.717, 1.165) is 16.0 Å². The van der Waals surface area contributed by atoms with Gasteiger partial charge in [0, 0.05) is 0 Å². The topological polar surface area (TPSA) is 119 Å². The van der Waals surface area contributed by atoms with Crippen LogP contribution in [0.25, 0.3) is 16.3 Å². The molecule has 1 amide bonds. The van der Waals surface area contributed by atoms with Gasteiger partial charge in [-0.25, -0.2) is 23.7 Å². The second-order valence-corrected chi connectivity index (χ2v) is 9.46. The Kier molecular flexibility index (Phi) is 5.99. The molecule has 4 aromatic rings. The predicted octanol–water partition coefficient (Wildman–Crippen LogP) is 3.32. The molecular formula is C22H19N5O3S2. The molecule has 10 heteroatoms. The smallest absolute Gasteiger partial charge is 0.265 e. The molecule has 2 heterocycles. The minimum absolute atomic E-state index is 0.00510. The van der Waals surface area contributed by atoms with E-state index in [-0.39, 0.29) is 10.6 Å². The Balaban J connectivity index is 1.62. The Morgan fingerprint density at radius 1 is 1.12 bits per heavy atom. The van der Waals surface area contributed by atoms with Crippen molar-refractivity contribution >= 4 is 33.5 Å². The summed E-state index contributed by atoms with van der Waals surface area (Å²) < 4.78 is 24.7. The summed E-state index contributed by atoms with van der Waals surface area (Å²) >= 11 is 1.50. The van der Waals surface area contributed by atoms with Crippen LogP contribution < -0.4 is 10.6 Å². The monoisotopic (exact) mass is 465 g/mol. The second-order valence-electron chi connectivity index (χ2n) is 6.95. The van der Waals surface area contributed by atoms with Crippen molar-refractivity contribution in [2.24, 2.45) is 10.2 Å². The maximum absolute atomic E-state index is 12.6. The fourth-order valence-electron chi connectivity index (χ4n) is 2.94. The number of carbonyl (C=O) groups is 1. The van der Waals surface area contributed by atoms with Crippen LogP contribution in [-0.4, -0.2) is 30.3 Å². The van der Waals surface area contributed by atoms with E-state index < -0.39 is 15.9 Å². The quantitative estimate of drug-likeness (QED) is 0.335. The molecule has 0 saturated carbocycles. The molecule has 0 aliphatic carbocycles. The van der Waals surface area contributed by atoms with Crippen molar-refractivity contribution in [2.45, 2.75) is 11.8 Å². The molecule has 0 saturated heterocycles. The summed E-state index contributed by atoms with van der Waals surface area (Å²) in [7, 11) is -3.81. The van der Waals surface area contributed by atoms with E-state index in [1.54, 1.807) is 29.1 Å². The van der Waals surface area contributed by atoms with Crippen LogP contribution in [0.2, 0.25) is 0 Å². The van der Waals surface area contributed by atoms with Crippen molar-refractivity contribution in [1.82, 2.24) is 15.2 Å². The van der Waals surface area contributed by atoms with Gasteiger partial charge in [-0.3, -0.25) is 4.79 Å². The number of nitrogens with one attached hydrogen (secondary N) is 1. The number of hydrazone groups is 1. The van der Waals surface area contributed by atoms with Gasteiger partial charge in [0.05, 0.1) is 27.4 Å². The van der Waals surface area contributed by atoms with Crippen LogP contribution in [0, 0.1) is 6.92 Å². The van der Waals surface area contributed by atoms with Crippen molar-refractivity contribution in [1.29, 1.82) is 0 Å². The summed E-state index contributed by atoms with van der Waals surface area (Å²) in [5.74, 6) is -0.467.